The number of aliphatic hydroxyl groups is 10. The largest absolute Gasteiger partial charge is 0.458 e. The number of carbonyl (C=O) groups excluding carboxylic acids is 1. The maximum atomic E-state index is 12.6. The minimum absolute atomic E-state index is 0.0135. The van der Waals surface area contributed by atoms with Gasteiger partial charge < -0.3 is 89.0 Å². The van der Waals surface area contributed by atoms with Crippen LogP contribution in [-0.4, -0.2) is 194 Å². The number of ether oxygens (including phenoxy) is 8. The first-order valence-corrected chi connectivity index (χ1v) is 21.9. The van der Waals surface area contributed by atoms with E-state index < -0.39 is 134 Å². The van der Waals surface area contributed by atoms with E-state index >= 15 is 0 Å². The maximum Gasteiger partial charge on any atom is 0.331 e. The predicted octanol–water partition coefficient (Wildman–Crippen LogP) is -2.27. The first-order chi connectivity index (χ1) is 28.8. The minimum atomic E-state index is -1.77. The van der Waals surface area contributed by atoms with Gasteiger partial charge in [-0.15, -0.1) is 0 Å². The third-order valence-corrected chi connectivity index (χ3v) is 16.6. The molecule has 0 amide bonds. The van der Waals surface area contributed by atoms with Gasteiger partial charge in [0.15, 0.2) is 18.9 Å². The van der Waals surface area contributed by atoms with Crippen LogP contribution in [0.5, 0.6) is 0 Å². The highest BCUT2D eigenvalue weighted by atomic mass is 16.7. The van der Waals surface area contributed by atoms with Gasteiger partial charge in [-0.1, -0.05) is 13.8 Å². The second-order valence-corrected chi connectivity index (χ2v) is 19.5. The molecule has 4 heterocycles. The van der Waals surface area contributed by atoms with Crippen LogP contribution >= 0.6 is 0 Å². The Morgan fingerprint density at radius 1 is 0.705 bits per heavy atom. The molecule has 0 aromatic carbocycles. The summed E-state index contributed by atoms with van der Waals surface area (Å²) in [5, 5.41) is 110. The molecule has 348 valence electrons. The van der Waals surface area contributed by atoms with Crippen LogP contribution in [0.15, 0.2) is 11.6 Å². The Labute approximate surface area is 354 Å². The molecule has 0 radical (unpaired) electrons. The van der Waals surface area contributed by atoms with Crippen LogP contribution in [-0.2, 0) is 42.7 Å². The monoisotopic (exact) mass is 874 g/mol. The molecule has 0 spiro atoms. The molecular formula is C42H66O19. The fourth-order valence-electron chi connectivity index (χ4n) is 12.9. The van der Waals surface area contributed by atoms with Gasteiger partial charge in [-0.25, -0.2) is 4.79 Å². The predicted molar refractivity (Wildman–Crippen MR) is 204 cm³/mol. The fraction of sp³-hybridized carbons (Fsp3) is 0.929. The molecule has 0 bridgehead atoms. The van der Waals surface area contributed by atoms with Gasteiger partial charge in [-0.3, -0.25) is 0 Å². The summed E-state index contributed by atoms with van der Waals surface area (Å²) in [6, 6.07) is 0. The molecule has 0 unspecified atom stereocenters. The van der Waals surface area contributed by atoms with Crippen molar-refractivity contribution in [3.63, 3.8) is 0 Å². The van der Waals surface area contributed by atoms with E-state index in [1.54, 1.807) is 13.0 Å². The first-order valence-electron chi connectivity index (χ1n) is 21.9. The molecule has 24 atom stereocenters. The summed E-state index contributed by atoms with van der Waals surface area (Å²) in [5.41, 5.74) is -0.952. The van der Waals surface area contributed by atoms with Crippen molar-refractivity contribution in [1.82, 2.24) is 0 Å². The number of rotatable bonds is 10. The van der Waals surface area contributed by atoms with E-state index in [2.05, 4.69) is 13.8 Å². The number of hydrogen-bond donors (Lipinski definition) is 10. The molecule has 0 aromatic rings. The van der Waals surface area contributed by atoms with Gasteiger partial charge in [0.25, 0.3) is 0 Å². The van der Waals surface area contributed by atoms with Gasteiger partial charge >= 0.3 is 5.97 Å². The zero-order valence-electron chi connectivity index (χ0n) is 35.1. The van der Waals surface area contributed by atoms with E-state index in [9.17, 15) is 55.9 Å². The lowest BCUT2D eigenvalue weighted by atomic mass is 9.42. The number of hydrogen-bond acceptors (Lipinski definition) is 19. The van der Waals surface area contributed by atoms with Crippen molar-refractivity contribution < 1.29 is 93.8 Å². The normalized spacial score (nSPS) is 55.0. The van der Waals surface area contributed by atoms with E-state index in [4.69, 9.17) is 37.9 Å². The van der Waals surface area contributed by atoms with Crippen molar-refractivity contribution in [2.24, 2.45) is 34.5 Å². The molecule has 61 heavy (non-hydrogen) atoms. The van der Waals surface area contributed by atoms with E-state index in [1.807, 2.05) is 0 Å². The minimum Gasteiger partial charge on any atom is -0.458 e. The molecule has 4 saturated carbocycles. The quantitative estimate of drug-likeness (QED) is 0.0818. The van der Waals surface area contributed by atoms with Crippen molar-refractivity contribution in [2.75, 3.05) is 26.9 Å². The third-order valence-electron chi connectivity index (χ3n) is 16.6. The lowest BCUT2D eigenvalue weighted by Gasteiger charge is -2.64. The second-order valence-electron chi connectivity index (χ2n) is 19.5. The molecule has 7 fully saturated rings. The summed E-state index contributed by atoms with van der Waals surface area (Å²) < 4.78 is 45.4. The van der Waals surface area contributed by atoms with E-state index in [0.29, 0.717) is 12.8 Å². The number of aliphatic hydroxyl groups excluding tert-OH is 9. The molecule has 10 N–H and O–H groups in total. The van der Waals surface area contributed by atoms with Crippen LogP contribution in [0, 0.1) is 34.5 Å². The van der Waals surface area contributed by atoms with Gasteiger partial charge in [-0.2, -0.15) is 0 Å². The molecule has 4 aliphatic carbocycles. The van der Waals surface area contributed by atoms with Crippen molar-refractivity contribution in [1.29, 1.82) is 0 Å². The lowest BCUT2D eigenvalue weighted by Crippen LogP contribution is -2.65. The zero-order valence-corrected chi connectivity index (χ0v) is 35.1. The molecular weight excluding hydrogens is 808 g/mol. The fourth-order valence-corrected chi connectivity index (χ4v) is 12.9. The third kappa shape index (κ3) is 7.73. The summed E-state index contributed by atoms with van der Waals surface area (Å²) in [7, 11) is 1.31. The highest BCUT2D eigenvalue weighted by molar-refractivity contribution is 5.85. The Balaban J connectivity index is 0.880. The molecule has 0 aromatic heterocycles. The van der Waals surface area contributed by atoms with Crippen molar-refractivity contribution in [2.45, 2.75) is 182 Å². The second kappa shape index (κ2) is 17.4. The SMILES string of the molecule is CO[C@@H]1[C@@H](O)[C@H](C)O[C@@H](OC[C@H]2O[C@@H](OC[C@H]3O[C@@H](O[C@@H]4C[C@@H]5CC[C@H]6[C@@H](CC[C@]7(C)[C@H](C8=CC(=O)OC8)CC[C@]67O)[C@@]5(C)[C@@H](O)C4)[C@H](O)[C@H](O)[C@@H]3O)[C@H](O)[C@H](O)[C@@H]2O)[C@@H]1O. The number of carbonyl (C=O) groups is 1. The van der Waals surface area contributed by atoms with Crippen LogP contribution in [0.1, 0.15) is 72.1 Å². The summed E-state index contributed by atoms with van der Waals surface area (Å²) in [6.45, 7) is 5.10. The number of fused-ring (bicyclic) bond motifs is 5. The van der Waals surface area contributed by atoms with Crippen molar-refractivity contribution in [3.05, 3.63) is 11.6 Å². The molecule has 19 nitrogen and oxygen atoms in total. The number of cyclic esters (lactones) is 1. The summed E-state index contributed by atoms with van der Waals surface area (Å²) in [6.07, 6.45) is -16.3. The Morgan fingerprint density at radius 3 is 1.95 bits per heavy atom. The average Bonchev–Trinajstić information content (AvgIpc) is 3.78. The van der Waals surface area contributed by atoms with E-state index in [0.717, 1.165) is 37.7 Å². The molecule has 19 heteroatoms. The maximum absolute atomic E-state index is 12.6. The van der Waals surface area contributed by atoms with Crippen LogP contribution < -0.4 is 0 Å². The van der Waals surface area contributed by atoms with Crippen LogP contribution in [0.25, 0.3) is 0 Å². The zero-order chi connectivity index (χ0) is 43.9. The van der Waals surface area contributed by atoms with Crippen molar-refractivity contribution in [3.8, 4) is 0 Å². The first kappa shape index (κ1) is 46.1. The Bertz CT molecular complexity index is 1600. The molecule has 3 saturated heterocycles. The highest BCUT2D eigenvalue weighted by Gasteiger charge is 2.69. The van der Waals surface area contributed by atoms with E-state index in [-0.39, 0.29) is 42.7 Å². The van der Waals surface area contributed by atoms with Gasteiger partial charge in [-0.05, 0) is 86.5 Å². The van der Waals surface area contributed by atoms with Crippen LogP contribution in [0.4, 0.5) is 0 Å². The van der Waals surface area contributed by atoms with E-state index in [1.165, 1.54) is 7.11 Å². The van der Waals surface area contributed by atoms with Gasteiger partial charge in [0.1, 0.15) is 73.8 Å². The van der Waals surface area contributed by atoms with Gasteiger partial charge in [0.05, 0.1) is 37.1 Å². The van der Waals surface area contributed by atoms with Gasteiger partial charge in [0.2, 0.25) is 0 Å². The Kier molecular flexibility index (Phi) is 13.1. The smallest absolute Gasteiger partial charge is 0.331 e. The molecule has 8 rings (SSSR count). The molecule has 8 aliphatic rings. The van der Waals surface area contributed by atoms with Crippen molar-refractivity contribution >= 4 is 5.97 Å². The number of esters is 1. The lowest BCUT2D eigenvalue weighted by molar-refractivity contribution is -0.346. The Hall–Kier alpha value is -1.47. The topological polar surface area (TPSA) is 293 Å². The average molecular weight is 875 g/mol. The standard InChI is InChI=1S/C42H66O19/c1-17-28(45)36(54-4)35(52)38(58-17)57-15-24-29(46)31(48)33(50)37(60-24)56-16-25-30(47)32(49)34(51)39(61-25)59-20-12-19-5-6-23-22(41(19,3)26(43)13-20)7-9-40(2)21(8-10-42(23,40)53)18-11-27(44)55-14-18/h11,17,19-26,28-39,43,45-53H,5-10,12-16H2,1-4H3/t17-,19-,20+,21-,22+,23-,24+,25+,26-,28-,29+,30+,31+,32+,33+,34+,35+,36+,37+,38+,39+,40+,41-,42-/m0/s1. The highest BCUT2D eigenvalue weighted by Crippen LogP contribution is 2.70. The Morgan fingerprint density at radius 2 is 1.33 bits per heavy atom. The summed E-state index contributed by atoms with van der Waals surface area (Å²) in [4.78, 5) is 12.0. The summed E-state index contributed by atoms with van der Waals surface area (Å²) >= 11 is 0. The van der Waals surface area contributed by atoms with Crippen LogP contribution in [0.2, 0.25) is 0 Å². The summed E-state index contributed by atoms with van der Waals surface area (Å²) in [5.74, 6) is -0.265. The number of methoxy groups -OCH3 is 1. The molecule has 4 aliphatic heterocycles. The van der Waals surface area contributed by atoms with Crippen LogP contribution in [0.3, 0.4) is 0 Å². The van der Waals surface area contributed by atoms with Gasteiger partial charge in [0, 0.05) is 25.0 Å².